The molecule has 0 heterocycles. The Morgan fingerprint density at radius 3 is 2.86 bits per heavy atom. The molecule has 116 valence electrons. The number of thiocarbonyl (C=S) groups is 1. The van der Waals surface area contributed by atoms with Gasteiger partial charge in [-0.15, -0.1) is 0 Å². The van der Waals surface area contributed by atoms with Crippen LogP contribution in [0.5, 0.6) is 5.75 Å². The van der Waals surface area contributed by atoms with Crippen molar-refractivity contribution in [2.24, 2.45) is 0 Å². The number of rotatable bonds is 7. The summed E-state index contributed by atoms with van der Waals surface area (Å²) in [5, 5.41) is 7.00. The van der Waals surface area contributed by atoms with Crippen molar-refractivity contribution in [2.45, 2.75) is 25.5 Å². The van der Waals surface area contributed by atoms with Crippen molar-refractivity contribution in [1.82, 2.24) is 5.32 Å². The summed E-state index contributed by atoms with van der Waals surface area (Å²) >= 11 is 7.20. The summed E-state index contributed by atoms with van der Waals surface area (Å²) in [6, 6.07) is 7.71. The standard InChI is InChI=1S/C16H24N2OS2/c1-5-10-19-14-8-6-7-13(12-14)18-15(20)17-9-11-21-16(2,3)4/h5-8,12H,1,9-11H2,2-4H3,(H2,17,18,20). The molecule has 3 nitrogen and oxygen atoms in total. The van der Waals surface area contributed by atoms with Crippen molar-refractivity contribution < 1.29 is 4.74 Å². The maximum Gasteiger partial charge on any atom is 0.170 e. The molecular formula is C16H24N2OS2. The van der Waals surface area contributed by atoms with E-state index >= 15 is 0 Å². The van der Waals surface area contributed by atoms with Gasteiger partial charge >= 0.3 is 0 Å². The number of hydrogen-bond acceptors (Lipinski definition) is 3. The molecule has 0 aromatic heterocycles. The molecule has 1 aromatic carbocycles. The van der Waals surface area contributed by atoms with Gasteiger partial charge in [-0.05, 0) is 24.4 Å². The van der Waals surface area contributed by atoms with Gasteiger partial charge in [-0.1, -0.05) is 39.5 Å². The monoisotopic (exact) mass is 324 g/mol. The first kappa shape index (κ1) is 17.9. The topological polar surface area (TPSA) is 33.3 Å². The summed E-state index contributed by atoms with van der Waals surface area (Å²) in [7, 11) is 0. The summed E-state index contributed by atoms with van der Waals surface area (Å²) in [4.78, 5) is 0. The van der Waals surface area contributed by atoms with Gasteiger partial charge in [0.15, 0.2) is 5.11 Å². The molecule has 0 saturated heterocycles. The van der Waals surface area contributed by atoms with Crippen LogP contribution in [0.25, 0.3) is 0 Å². The highest BCUT2D eigenvalue weighted by Gasteiger charge is 2.09. The highest BCUT2D eigenvalue weighted by molar-refractivity contribution is 8.00. The lowest BCUT2D eigenvalue weighted by atomic mass is 10.3. The molecule has 1 rings (SSSR count). The van der Waals surface area contributed by atoms with Gasteiger partial charge in [-0.2, -0.15) is 11.8 Å². The largest absolute Gasteiger partial charge is 0.489 e. The van der Waals surface area contributed by atoms with Crippen LogP contribution in [0.15, 0.2) is 36.9 Å². The predicted molar refractivity (Wildman–Crippen MR) is 98.6 cm³/mol. The average molecular weight is 325 g/mol. The molecule has 0 unspecified atom stereocenters. The third-order valence-electron chi connectivity index (χ3n) is 2.38. The van der Waals surface area contributed by atoms with Gasteiger partial charge in [0.05, 0.1) is 0 Å². The first-order valence-electron chi connectivity index (χ1n) is 6.93. The lowest BCUT2D eigenvalue weighted by Crippen LogP contribution is -2.30. The first-order chi connectivity index (χ1) is 9.90. The van der Waals surface area contributed by atoms with Crippen molar-refractivity contribution in [3.8, 4) is 5.75 Å². The van der Waals surface area contributed by atoms with Gasteiger partial charge in [0, 0.05) is 28.8 Å². The van der Waals surface area contributed by atoms with E-state index in [1.807, 2.05) is 36.0 Å². The fraction of sp³-hybridized carbons (Fsp3) is 0.438. The Balaban J connectivity index is 2.35. The van der Waals surface area contributed by atoms with Crippen LogP contribution < -0.4 is 15.4 Å². The molecule has 0 amide bonds. The smallest absolute Gasteiger partial charge is 0.170 e. The minimum absolute atomic E-state index is 0.285. The maximum absolute atomic E-state index is 5.49. The van der Waals surface area contributed by atoms with E-state index in [1.54, 1.807) is 6.08 Å². The summed E-state index contributed by atoms with van der Waals surface area (Å²) in [5.41, 5.74) is 0.914. The molecule has 0 aliphatic carbocycles. The van der Waals surface area contributed by atoms with Crippen molar-refractivity contribution >= 4 is 34.8 Å². The summed E-state index contributed by atoms with van der Waals surface area (Å²) in [5.74, 6) is 1.82. The maximum atomic E-state index is 5.49. The Morgan fingerprint density at radius 1 is 1.43 bits per heavy atom. The average Bonchev–Trinajstić information content (AvgIpc) is 2.41. The SMILES string of the molecule is C=CCOc1cccc(NC(=S)NCCSC(C)(C)C)c1. The molecule has 0 aliphatic heterocycles. The highest BCUT2D eigenvalue weighted by atomic mass is 32.2. The van der Waals surface area contributed by atoms with E-state index in [1.165, 1.54) is 0 Å². The van der Waals surface area contributed by atoms with Crippen LogP contribution in [0.2, 0.25) is 0 Å². The van der Waals surface area contributed by atoms with E-state index in [9.17, 15) is 0 Å². The van der Waals surface area contributed by atoms with Crippen molar-refractivity contribution in [3.63, 3.8) is 0 Å². The second-order valence-electron chi connectivity index (χ2n) is 5.47. The molecule has 0 atom stereocenters. The highest BCUT2D eigenvalue weighted by Crippen LogP contribution is 2.22. The van der Waals surface area contributed by atoms with Gasteiger partial charge < -0.3 is 15.4 Å². The summed E-state index contributed by atoms with van der Waals surface area (Å²) < 4.78 is 5.77. The third-order valence-corrected chi connectivity index (χ3v) is 3.90. The van der Waals surface area contributed by atoms with Crippen molar-refractivity contribution in [2.75, 3.05) is 24.2 Å². The molecule has 0 bridgehead atoms. The molecule has 5 heteroatoms. The van der Waals surface area contributed by atoms with Gasteiger partial charge in [0.25, 0.3) is 0 Å². The molecule has 0 fully saturated rings. The minimum atomic E-state index is 0.285. The van der Waals surface area contributed by atoms with Crippen LogP contribution in [0, 0.1) is 0 Å². The van der Waals surface area contributed by atoms with E-state index in [4.69, 9.17) is 17.0 Å². The predicted octanol–water partition coefficient (Wildman–Crippen LogP) is 4.07. The van der Waals surface area contributed by atoms with E-state index in [2.05, 4.69) is 38.0 Å². The molecule has 0 spiro atoms. The zero-order valence-electron chi connectivity index (χ0n) is 12.9. The van der Waals surface area contributed by atoms with Crippen LogP contribution in [0.4, 0.5) is 5.69 Å². The van der Waals surface area contributed by atoms with E-state index in [-0.39, 0.29) is 4.75 Å². The number of benzene rings is 1. The first-order valence-corrected chi connectivity index (χ1v) is 8.32. The Labute approximate surface area is 137 Å². The number of hydrogen-bond donors (Lipinski definition) is 2. The lowest BCUT2D eigenvalue weighted by molar-refractivity contribution is 0.363. The van der Waals surface area contributed by atoms with Gasteiger partial charge in [-0.25, -0.2) is 0 Å². The Hall–Kier alpha value is -1.20. The van der Waals surface area contributed by atoms with E-state index in [0.717, 1.165) is 23.7 Å². The summed E-state index contributed by atoms with van der Waals surface area (Å²) in [6.07, 6.45) is 1.72. The molecule has 0 saturated carbocycles. The minimum Gasteiger partial charge on any atom is -0.489 e. The third kappa shape index (κ3) is 8.63. The fourth-order valence-electron chi connectivity index (χ4n) is 1.52. The quantitative estimate of drug-likeness (QED) is 0.449. The van der Waals surface area contributed by atoms with E-state index < -0.39 is 0 Å². The Bertz CT molecular complexity index is 470. The zero-order valence-corrected chi connectivity index (χ0v) is 14.6. The van der Waals surface area contributed by atoms with E-state index in [0.29, 0.717) is 11.7 Å². The Morgan fingerprint density at radius 2 is 2.19 bits per heavy atom. The summed E-state index contributed by atoms with van der Waals surface area (Å²) in [6.45, 7) is 11.6. The van der Waals surface area contributed by atoms with Crippen molar-refractivity contribution in [1.29, 1.82) is 0 Å². The van der Waals surface area contributed by atoms with Gasteiger partial charge in [0.1, 0.15) is 12.4 Å². The molecule has 1 aromatic rings. The Kier molecular flexibility index (Phi) is 7.61. The molecular weight excluding hydrogens is 300 g/mol. The number of thioether (sulfide) groups is 1. The van der Waals surface area contributed by atoms with Crippen LogP contribution in [-0.2, 0) is 0 Å². The second kappa shape index (κ2) is 8.95. The molecule has 21 heavy (non-hydrogen) atoms. The van der Waals surface area contributed by atoms with Crippen LogP contribution in [-0.4, -0.2) is 28.8 Å². The molecule has 0 aliphatic rings. The number of anilines is 1. The fourth-order valence-corrected chi connectivity index (χ4v) is 2.55. The molecule has 2 N–H and O–H groups in total. The van der Waals surface area contributed by atoms with Crippen LogP contribution >= 0.6 is 24.0 Å². The molecule has 0 radical (unpaired) electrons. The zero-order chi connectivity index (χ0) is 15.7. The second-order valence-corrected chi connectivity index (χ2v) is 7.80. The van der Waals surface area contributed by atoms with Crippen LogP contribution in [0.1, 0.15) is 20.8 Å². The lowest BCUT2D eigenvalue weighted by Gasteiger charge is -2.18. The number of ether oxygens (including phenoxy) is 1. The van der Waals surface area contributed by atoms with Crippen molar-refractivity contribution in [3.05, 3.63) is 36.9 Å². The normalized spacial score (nSPS) is 10.8. The number of nitrogens with one attached hydrogen (secondary N) is 2. The van der Waals surface area contributed by atoms with Crippen LogP contribution in [0.3, 0.4) is 0 Å². The van der Waals surface area contributed by atoms with Gasteiger partial charge in [-0.3, -0.25) is 0 Å². The van der Waals surface area contributed by atoms with Gasteiger partial charge in [0.2, 0.25) is 0 Å².